The summed E-state index contributed by atoms with van der Waals surface area (Å²) in [5, 5.41) is 0. The number of nitrogens with zero attached hydrogens (tertiary/aromatic N) is 1. The zero-order chi connectivity index (χ0) is 14.9. The molecule has 1 aliphatic carbocycles. The monoisotopic (exact) mass is 279 g/mol. The highest BCUT2D eigenvalue weighted by Gasteiger charge is 2.21. The van der Waals surface area contributed by atoms with Gasteiger partial charge in [-0.25, -0.2) is 0 Å². The molecule has 1 atom stereocenters. The summed E-state index contributed by atoms with van der Waals surface area (Å²) in [6.07, 6.45) is 13.8. The number of hydrogen-bond donors (Lipinski definition) is 0. The maximum atomic E-state index is 4.02. The molecule has 1 unspecified atom stereocenters. The Morgan fingerprint density at radius 1 is 1.29 bits per heavy atom. The third-order valence-electron chi connectivity index (χ3n) is 3.99. The summed E-state index contributed by atoms with van der Waals surface area (Å²) >= 11 is 0. The fourth-order valence-corrected chi connectivity index (χ4v) is 2.75. The molecule has 1 heterocycles. The second kappa shape index (κ2) is 8.47. The Morgan fingerprint density at radius 2 is 2.05 bits per heavy atom. The van der Waals surface area contributed by atoms with Crippen LogP contribution in [0.5, 0.6) is 0 Å². The summed E-state index contributed by atoms with van der Waals surface area (Å²) in [5.41, 5.74) is 4.40. The first-order chi connectivity index (χ1) is 10.3. The van der Waals surface area contributed by atoms with E-state index in [4.69, 9.17) is 0 Å². The quantitative estimate of drug-likeness (QED) is 0.633. The normalized spacial score (nSPS) is 14.0. The molecule has 1 heteroatoms. The molecule has 0 N–H and O–H groups in total. The standard InChI is InChI=1S/C20H25N/c1-3-8-18(20(4-2)19-11-12-19)10-7-5-6-9-17-13-15-21-16-14-17/h4,13-16,18H,2-3,7-12H2,1H3. The van der Waals surface area contributed by atoms with E-state index in [-0.39, 0.29) is 0 Å². The van der Waals surface area contributed by atoms with Crippen molar-refractivity contribution in [2.75, 3.05) is 0 Å². The van der Waals surface area contributed by atoms with Crippen molar-refractivity contribution in [2.45, 2.75) is 51.9 Å². The molecule has 0 aromatic carbocycles. The van der Waals surface area contributed by atoms with Gasteiger partial charge in [0.25, 0.3) is 0 Å². The third kappa shape index (κ3) is 5.23. The van der Waals surface area contributed by atoms with E-state index < -0.39 is 0 Å². The van der Waals surface area contributed by atoms with E-state index in [2.05, 4.69) is 36.4 Å². The van der Waals surface area contributed by atoms with Gasteiger partial charge < -0.3 is 0 Å². The van der Waals surface area contributed by atoms with Gasteiger partial charge in [-0.15, -0.1) is 5.92 Å². The van der Waals surface area contributed by atoms with Gasteiger partial charge in [-0.2, -0.15) is 0 Å². The number of pyridine rings is 1. The molecule has 1 aliphatic rings. The van der Waals surface area contributed by atoms with E-state index in [1.165, 1.54) is 43.2 Å². The average molecular weight is 279 g/mol. The van der Waals surface area contributed by atoms with Crippen molar-refractivity contribution >= 4 is 0 Å². The highest BCUT2D eigenvalue weighted by Crippen LogP contribution is 2.38. The topological polar surface area (TPSA) is 12.9 Å². The molecule has 1 aromatic rings. The minimum Gasteiger partial charge on any atom is -0.265 e. The minimum absolute atomic E-state index is 0.667. The Hall–Kier alpha value is -1.81. The van der Waals surface area contributed by atoms with Crippen molar-refractivity contribution in [1.29, 1.82) is 0 Å². The van der Waals surface area contributed by atoms with E-state index in [1.54, 1.807) is 5.57 Å². The number of rotatable bonds is 7. The average Bonchev–Trinajstić information content (AvgIpc) is 3.33. The molecule has 0 aliphatic heterocycles. The van der Waals surface area contributed by atoms with Gasteiger partial charge in [-0.05, 0) is 54.9 Å². The van der Waals surface area contributed by atoms with Crippen LogP contribution in [0.15, 0.2) is 48.3 Å². The molecule has 0 radical (unpaired) electrons. The molecular formula is C20H25N. The van der Waals surface area contributed by atoms with Crippen LogP contribution >= 0.6 is 0 Å². The van der Waals surface area contributed by atoms with Crippen molar-refractivity contribution in [1.82, 2.24) is 4.98 Å². The molecule has 0 amide bonds. The summed E-state index contributed by atoms with van der Waals surface area (Å²) < 4.78 is 0. The lowest BCUT2D eigenvalue weighted by Gasteiger charge is -2.16. The molecule has 1 nitrogen and oxygen atoms in total. The van der Waals surface area contributed by atoms with E-state index in [9.17, 15) is 0 Å². The van der Waals surface area contributed by atoms with Gasteiger partial charge >= 0.3 is 0 Å². The molecule has 1 saturated carbocycles. The van der Waals surface area contributed by atoms with Crippen LogP contribution in [-0.2, 0) is 6.42 Å². The molecule has 21 heavy (non-hydrogen) atoms. The Morgan fingerprint density at radius 3 is 2.67 bits per heavy atom. The van der Waals surface area contributed by atoms with Crippen LogP contribution in [0.25, 0.3) is 0 Å². The predicted octanol–water partition coefficient (Wildman–Crippen LogP) is 5.10. The SMILES string of the molecule is C=CC(=C1CC1)C(CCC)CCC#CCc1ccncc1. The van der Waals surface area contributed by atoms with Crippen LogP contribution in [-0.4, -0.2) is 4.98 Å². The maximum absolute atomic E-state index is 4.02. The third-order valence-corrected chi connectivity index (χ3v) is 3.99. The van der Waals surface area contributed by atoms with Gasteiger partial charge in [-0.3, -0.25) is 4.98 Å². The second-order valence-electron chi connectivity index (χ2n) is 5.67. The molecule has 0 bridgehead atoms. The van der Waals surface area contributed by atoms with Gasteiger partial charge in [0.05, 0.1) is 0 Å². The van der Waals surface area contributed by atoms with E-state index in [0.717, 1.165) is 12.8 Å². The Bertz CT molecular complexity index is 536. The molecule has 1 fully saturated rings. The summed E-state index contributed by atoms with van der Waals surface area (Å²) in [6.45, 7) is 6.27. The lowest BCUT2D eigenvalue weighted by molar-refractivity contribution is 0.526. The predicted molar refractivity (Wildman–Crippen MR) is 89.8 cm³/mol. The van der Waals surface area contributed by atoms with Gasteiger partial charge in [-0.1, -0.05) is 37.5 Å². The second-order valence-corrected chi connectivity index (χ2v) is 5.67. The smallest absolute Gasteiger partial charge is 0.0341 e. The lowest BCUT2D eigenvalue weighted by Crippen LogP contribution is -2.02. The zero-order valence-corrected chi connectivity index (χ0v) is 13.1. The van der Waals surface area contributed by atoms with Crippen molar-refractivity contribution in [3.8, 4) is 11.8 Å². The Balaban J connectivity index is 1.83. The summed E-state index contributed by atoms with van der Waals surface area (Å²) in [7, 11) is 0. The van der Waals surface area contributed by atoms with Crippen LogP contribution in [0, 0.1) is 17.8 Å². The van der Waals surface area contributed by atoms with Crippen LogP contribution in [0.1, 0.15) is 51.0 Å². The molecular weight excluding hydrogens is 254 g/mol. The van der Waals surface area contributed by atoms with Gasteiger partial charge in [0.15, 0.2) is 0 Å². The van der Waals surface area contributed by atoms with Crippen molar-refractivity contribution in [3.05, 3.63) is 53.9 Å². The summed E-state index contributed by atoms with van der Waals surface area (Å²) in [5.74, 6) is 7.28. The van der Waals surface area contributed by atoms with Gasteiger partial charge in [0.2, 0.25) is 0 Å². The van der Waals surface area contributed by atoms with Crippen LogP contribution < -0.4 is 0 Å². The van der Waals surface area contributed by atoms with Crippen LogP contribution in [0.2, 0.25) is 0 Å². The minimum atomic E-state index is 0.667. The van der Waals surface area contributed by atoms with Gasteiger partial charge in [0, 0.05) is 25.2 Å². The summed E-state index contributed by atoms with van der Waals surface area (Å²) in [4.78, 5) is 4.02. The molecule has 0 saturated heterocycles. The first kappa shape index (κ1) is 15.6. The highest BCUT2D eigenvalue weighted by atomic mass is 14.6. The molecule has 0 spiro atoms. The fourth-order valence-electron chi connectivity index (χ4n) is 2.75. The molecule has 110 valence electrons. The largest absolute Gasteiger partial charge is 0.265 e. The first-order valence-corrected chi connectivity index (χ1v) is 8.04. The van der Waals surface area contributed by atoms with Crippen molar-refractivity contribution in [2.24, 2.45) is 5.92 Å². The fraction of sp³-hybridized carbons (Fsp3) is 0.450. The van der Waals surface area contributed by atoms with Crippen molar-refractivity contribution in [3.63, 3.8) is 0 Å². The van der Waals surface area contributed by atoms with Crippen LogP contribution in [0.4, 0.5) is 0 Å². The Kier molecular flexibility index (Phi) is 6.28. The van der Waals surface area contributed by atoms with Gasteiger partial charge in [0.1, 0.15) is 0 Å². The number of hydrogen-bond acceptors (Lipinski definition) is 1. The van der Waals surface area contributed by atoms with E-state index >= 15 is 0 Å². The molecule has 1 aromatic heterocycles. The van der Waals surface area contributed by atoms with Crippen LogP contribution in [0.3, 0.4) is 0 Å². The maximum Gasteiger partial charge on any atom is 0.0341 e. The lowest BCUT2D eigenvalue weighted by atomic mass is 9.89. The van der Waals surface area contributed by atoms with E-state index in [1.807, 2.05) is 24.5 Å². The number of aromatic nitrogens is 1. The number of allylic oxidation sites excluding steroid dienone is 3. The van der Waals surface area contributed by atoms with Crippen molar-refractivity contribution < 1.29 is 0 Å². The first-order valence-electron chi connectivity index (χ1n) is 8.04. The summed E-state index contributed by atoms with van der Waals surface area (Å²) in [6, 6.07) is 4.06. The van der Waals surface area contributed by atoms with E-state index in [0.29, 0.717) is 5.92 Å². The highest BCUT2D eigenvalue weighted by molar-refractivity contribution is 5.34. The Labute approximate surface area is 129 Å². The molecule has 2 rings (SSSR count). The zero-order valence-electron chi connectivity index (χ0n) is 13.1.